The lowest BCUT2D eigenvalue weighted by Gasteiger charge is -2.21. The normalized spacial score (nSPS) is 18.2. The van der Waals surface area contributed by atoms with Gasteiger partial charge in [0.05, 0.1) is 22.8 Å². The van der Waals surface area contributed by atoms with E-state index in [2.05, 4.69) is 4.74 Å². The Kier molecular flexibility index (Phi) is 6.86. The Bertz CT molecular complexity index is 926. The zero-order valence-electron chi connectivity index (χ0n) is 15.6. The number of hydrogen-bond donors (Lipinski definition) is 2. The Morgan fingerprint density at radius 1 is 1.07 bits per heavy atom. The molecule has 1 fully saturated rings. The van der Waals surface area contributed by atoms with Gasteiger partial charge < -0.3 is 19.4 Å². The maximum absolute atomic E-state index is 12.6. The molecule has 11 heteroatoms. The molecule has 30 heavy (non-hydrogen) atoms. The highest BCUT2D eigenvalue weighted by Crippen LogP contribution is 2.28. The van der Waals surface area contributed by atoms with Gasteiger partial charge in [-0.05, 0) is 61.4 Å². The molecule has 7 nitrogen and oxygen atoms in total. The molecule has 2 atom stereocenters. The van der Waals surface area contributed by atoms with Crippen molar-refractivity contribution in [3.63, 3.8) is 0 Å². The summed E-state index contributed by atoms with van der Waals surface area (Å²) in [6.07, 6.45) is -3.69. The fourth-order valence-electron chi connectivity index (χ4n) is 3.04. The molecule has 164 valence electrons. The van der Waals surface area contributed by atoms with Gasteiger partial charge in [-0.3, -0.25) is 0 Å². The molecule has 2 aromatic carbocycles. The Morgan fingerprint density at radius 3 is 2.13 bits per heavy atom. The second kappa shape index (κ2) is 9.21. The number of rotatable bonds is 8. The van der Waals surface area contributed by atoms with Gasteiger partial charge in [-0.15, -0.1) is 13.2 Å². The van der Waals surface area contributed by atoms with E-state index in [4.69, 9.17) is 9.47 Å². The lowest BCUT2D eigenvalue weighted by molar-refractivity contribution is -0.274. The highest BCUT2D eigenvalue weighted by Gasteiger charge is 2.31. The van der Waals surface area contributed by atoms with Crippen molar-refractivity contribution in [3.05, 3.63) is 48.5 Å². The molecule has 1 heterocycles. The van der Waals surface area contributed by atoms with Crippen LogP contribution >= 0.6 is 0 Å². The fourth-order valence-corrected chi connectivity index (χ4v) is 4.55. The van der Waals surface area contributed by atoms with Crippen molar-refractivity contribution < 1.29 is 41.0 Å². The molecule has 1 aliphatic rings. The largest absolute Gasteiger partial charge is 0.573 e. The summed E-state index contributed by atoms with van der Waals surface area (Å²) in [6.45, 7) is 0.526. The molecule has 2 aromatic rings. The van der Waals surface area contributed by atoms with Crippen molar-refractivity contribution in [2.24, 2.45) is 0 Å². The molecule has 0 bridgehead atoms. The van der Waals surface area contributed by atoms with Crippen LogP contribution in [0.1, 0.15) is 12.8 Å². The smallest absolute Gasteiger partial charge is 0.457 e. The van der Waals surface area contributed by atoms with Crippen molar-refractivity contribution in [2.75, 3.05) is 12.4 Å². The van der Waals surface area contributed by atoms with Crippen LogP contribution in [-0.4, -0.2) is 44.5 Å². The van der Waals surface area contributed by atoms with Crippen LogP contribution < -0.4 is 15.0 Å². The summed E-state index contributed by atoms with van der Waals surface area (Å²) in [5.74, 6) is -0.165. The van der Waals surface area contributed by atoms with Gasteiger partial charge in [-0.25, -0.2) is 8.42 Å². The zero-order chi connectivity index (χ0) is 21.8. The van der Waals surface area contributed by atoms with Crippen LogP contribution in [0.2, 0.25) is 0 Å². The van der Waals surface area contributed by atoms with Crippen LogP contribution in [0, 0.1) is 0 Å². The van der Waals surface area contributed by atoms with Crippen molar-refractivity contribution in [1.82, 2.24) is 5.48 Å². The summed E-state index contributed by atoms with van der Waals surface area (Å²) in [5.41, 5.74) is 2.02. The van der Waals surface area contributed by atoms with E-state index in [1.54, 1.807) is 0 Å². The first-order chi connectivity index (χ1) is 14.2. The molecular formula is C19H20F3NO6S. The summed E-state index contributed by atoms with van der Waals surface area (Å²) in [6, 6.07) is 9.64. The second-order valence-electron chi connectivity index (χ2n) is 6.66. The molecule has 0 aliphatic carbocycles. The van der Waals surface area contributed by atoms with Crippen LogP contribution in [-0.2, 0) is 14.6 Å². The molecule has 0 aromatic heterocycles. The van der Waals surface area contributed by atoms with Crippen LogP contribution in [0.4, 0.5) is 13.2 Å². The van der Waals surface area contributed by atoms with Gasteiger partial charge in [-0.2, -0.15) is 5.48 Å². The highest BCUT2D eigenvalue weighted by molar-refractivity contribution is 7.91. The van der Waals surface area contributed by atoms with Gasteiger partial charge >= 0.3 is 6.36 Å². The van der Waals surface area contributed by atoms with Crippen LogP contribution in [0.25, 0.3) is 0 Å². The number of halogens is 3. The topological polar surface area (TPSA) is 94.1 Å². The van der Waals surface area contributed by atoms with Crippen LogP contribution in [0.3, 0.4) is 0 Å². The lowest BCUT2D eigenvalue weighted by atomic mass is 10.1. The molecule has 1 unspecified atom stereocenters. The number of hydrogen-bond acceptors (Lipinski definition) is 7. The minimum atomic E-state index is -4.78. The number of ether oxygens (including phenoxy) is 3. The number of hydroxylamine groups is 1. The molecule has 1 aliphatic heterocycles. The predicted molar refractivity (Wildman–Crippen MR) is 99.4 cm³/mol. The first kappa shape index (κ1) is 22.3. The van der Waals surface area contributed by atoms with Crippen molar-refractivity contribution in [2.45, 2.75) is 36.2 Å². The van der Waals surface area contributed by atoms with Gasteiger partial charge in [0.15, 0.2) is 9.84 Å². The molecular weight excluding hydrogens is 427 g/mol. The quantitative estimate of drug-likeness (QED) is 0.596. The van der Waals surface area contributed by atoms with E-state index in [9.17, 15) is 26.8 Å². The van der Waals surface area contributed by atoms with Gasteiger partial charge in [0.2, 0.25) is 0 Å². The van der Waals surface area contributed by atoms with E-state index in [-0.39, 0.29) is 28.3 Å². The van der Waals surface area contributed by atoms with E-state index in [0.717, 1.165) is 18.6 Å². The van der Waals surface area contributed by atoms with Gasteiger partial charge in [-0.1, -0.05) is 0 Å². The van der Waals surface area contributed by atoms with E-state index in [1.807, 2.05) is 5.48 Å². The number of benzene rings is 2. The number of nitrogens with one attached hydrogen (secondary N) is 1. The summed E-state index contributed by atoms with van der Waals surface area (Å²) >= 11 is 0. The third-order valence-corrected chi connectivity index (χ3v) is 6.24. The molecule has 1 saturated heterocycles. The van der Waals surface area contributed by atoms with Crippen molar-refractivity contribution >= 4 is 9.84 Å². The fraction of sp³-hybridized carbons (Fsp3) is 0.368. The lowest BCUT2D eigenvalue weighted by Crippen LogP contribution is -2.43. The number of alkyl halides is 3. The molecule has 0 amide bonds. The number of sulfone groups is 1. The molecule has 2 N–H and O–H groups in total. The van der Waals surface area contributed by atoms with Crippen molar-refractivity contribution in [3.8, 4) is 17.2 Å². The molecule has 0 spiro atoms. The minimum absolute atomic E-state index is 0.0435. The predicted octanol–water partition coefficient (Wildman–Crippen LogP) is 3.68. The Balaban J connectivity index is 1.63. The average molecular weight is 447 g/mol. The van der Waals surface area contributed by atoms with Gasteiger partial charge in [0, 0.05) is 6.61 Å². The van der Waals surface area contributed by atoms with Crippen LogP contribution in [0.15, 0.2) is 53.4 Å². The Hall–Kier alpha value is -2.34. The summed E-state index contributed by atoms with van der Waals surface area (Å²) in [7, 11) is -3.70. The Morgan fingerprint density at radius 2 is 1.63 bits per heavy atom. The van der Waals surface area contributed by atoms with E-state index >= 15 is 0 Å². The third-order valence-electron chi connectivity index (χ3n) is 4.45. The van der Waals surface area contributed by atoms with Crippen molar-refractivity contribution in [1.29, 1.82) is 0 Å². The standard InChI is InChI=1S/C19H20F3NO6S/c20-19(21,22)29-15-5-3-13(4-6-15)28-14-7-9-16(10-8-14)30(25,26)12-17(23-24)18-2-1-11-27-18/h3-10,17-18,23-24H,1-2,11-12H2/t17?,18-/m1/s1. The van der Waals surface area contributed by atoms with E-state index in [1.165, 1.54) is 36.4 Å². The second-order valence-corrected chi connectivity index (χ2v) is 8.70. The molecule has 0 radical (unpaired) electrons. The van der Waals surface area contributed by atoms with Gasteiger partial charge in [0.25, 0.3) is 0 Å². The summed E-state index contributed by atoms with van der Waals surface area (Å²) < 4.78 is 76.5. The molecule has 0 saturated carbocycles. The highest BCUT2D eigenvalue weighted by atomic mass is 32.2. The average Bonchev–Trinajstić information content (AvgIpc) is 3.22. The first-order valence-electron chi connectivity index (χ1n) is 9.04. The van der Waals surface area contributed by atoms with Crippen LogP contribution in [0.5, 0.6) is 17.2 Å². The SMILES string of the molecule is O=S(=O)(CC(NO)[C@H]1CCCO1)c1ccc(Oc2ccc(OC(F)(F)F)cc2)cc1. The van der Waals surface area contributed by atoms with E-state index < -0.39 is 22.2 Å². The Labute approximate surface area is 171 Å². The molecule has 3 rings (SSSR count). The summed E-state index contributed by atoms with van der Waals surface area (Å²) in [5, 5.41) is 9.30. The third kappa shape index (κ3) is 6.08. The monoisotopic (exact) mass is 447 g/mol. The maximum Gasteiger partial charge on any atom is 0.573 e. The van der Waals surface area contributed by atoms with Gasteiger partial charge in [0.1, 0.15) is 17.2 Å². The minimum Gasteiger partial charge on any atom is -0.457 e. The first-order valence-corrected chi connectivity index (χ1v) is 10.7. The zero-order valence-corrected chi connectivity index (χ0v) is 16.4. The van der Waals surface area contributed by atoms with E-state index in [0.29, 0.717) is 18.8 Å². The maximum atomic E-state index is 12.6. The summed E-state index contributed by atoms with van der Waals surface area (Å²) in [4.78, 5) is 0.0435.